The third-order valence-electron chi connectivity index (χ3n) is 15.1. The van der Waals surface area contributed by atoms with Crippen LogP contribution < -0.4 is 69.5 Å². The molecular weight excluding hydrogens is 1420 g/mol. The summed E-state index contributed by atoms with van der Waals surface area (Å²) in [6.45, 7) is 6.51. The Hall–Kier alpha value is -11.1. The summed E-state index contributed by atoms with van der Waals surface area (Å²) in [6, 6.07) is -21.0. The number of ether oxygens (including phenoxy) is 5. The number of aromatic nitrogens is 2. The Morgan fingerprint density at radius 2 is 1.01 bits per heavy atom. The van der Waals surface area contributed by atoms with Crippen LogP contribution in [0.25, 0.3) is 0 Å². The molecule has 0 radical (unpaired) electrons. The van der Waals surface area contributed by atoms with Crippen molar-refractivity contribution in [2.75, 3.05) is 33.0 Å². The third-order valence-corrected chi connectivity index (χ3v) is 15.1. The Balaban J connectivity index is 2.60. The van der Waals surface area contributed by atoms with Crippen LogP contribution in [0.4, 0.5) is 0 Å². The first kappa shape index (κ1) is 91.0. The van der Waals surface area contributed by atoms with E-state index in [2.05, 4.69) is 63.1 Å². The molecule has 0 spiro atoms. The molecule has 2 heterocycles. The number of rotatable bonds is 45. The van der Waals surface area contributed by atoms with E-state index >= 15 is 0 Å². The maximum Gasteiger partial charge on any atom is 0.326 e. The van der Waals surface area contributed by atoms with Crippen molar-refractivity contribution >= 4 is 113 Å². The highest BCUT2D eigenvalue weighted by molar-refractivity contribution is 5.99. The molecule has 1 fully saturated rings. The van der Waals surface area contributed by atoms with Crippen LogP contribution in [0.15, 0.2) is 12.5 Å². The molecule has 21 N–H and O–H groups in total. The first-order valence-electron chi connectivity index (χ1n) is 32.7. The third kappa shape index (κ3) is 31.9. The molecule has 1 aliphatic heterocycles. The second-order valence-corrected chi connectivity index (χ2v) is 24.7. The van der Waals surface area contributed by atoms with E-state index in [1.807, 2.05) is 10.6 Å². The van der Waals surface area contributed by atoms with Crippen molar-refractivity contribution in [1.29, 1.82) is 0 Å². The molecule has 1 aromatic rings. The van der Waals surface area contributed by atoms with Crippen molar-refractivity contribution in [2.24, 2.45) is 17.6 Å². The van der Waals surface area contributed by atoms with E-state index in [0.29, 0.717) is 5.69 Å². The maximum atomic E-state index is 14.6. The highest BCUT2D eigenvalue weighted by Crippen LogP contribution is 2.28. The minimum absolute atomic E-state index is 0.213. The quantitative estimate of drug-likeness (QED) is 0.0213. The summed E-state index contributed by atoms with van der Waals surface area (Å²) in [5, 5.41) is 84.7. The molecule has 1 saturated heterocycles. The largest absolute Gasteiger partial charge is 0.481 e. The van der Waals surface area contributed by atoms with Crippen LogP contribution in [0.1, 0.15) is 107 Å². The van der Waals surface area contributed by atoms with E-state index in [9.17, 15) is 117 Å². The summed E-state index contributed by atoms with van der Waals surface area (Å²) < 4.78 is 27.9. The Labute approximate surface area is 603 Å². The average Bonchev–Trinajstić information content (AvgIpc) is 0.830. The SMILES string of the molecule is CC(=O)N[C@H]1[C@@H](OC[C@H](NC(=O)[C@H](CO)NC(=O)[C@@H](NC(=O)[C@H](C)NC(=O)[C@H](Cc2cnc[nH]2)NC(=O)[C@@H](N)CO)C(C)C)C(=O)N[C@@H](CC(=O)O)C(=O)NCC(=O)N[C@@H](CCC(=O)O)C(=O)N[C@@H](C)C(=O)N[C@H](C(=O)N[C@@H](CCC(=O)O)C(=O)O)C(C)C)O[C@H](COC(C)=O)[C@H](OC(C)=O)[C@@H]1OC(C)=O. The number of nitrogens with zero attached hydrogens (tertiary/aromatic N) is 1. The summed E-state index contributed by atoms with van der Waals surface area (Å²) >= 11 is 0. The minimum Gasteiger partial charge on any atom is -0.481 e. The molecule has 45 heteroatoms. The van der Waals surface area contributed by atoms with Crippen molar-refractivity contribution < 1.29 is 145 Å². The van der Waals surface area contributed by atoms with Gasteiger partial charge in [-0.05, 0) is 38.5 Å². The lowest BCUT2D eigenvalue weighted by molar-refractivity contribution is -0.278. The van der Waals surface area contributed by atoms with Gasteiger partial charge >= 0.3 is 41.8 Å². The van der Waals surface area contributed by atoms with Gasteiger partial charge in [-0.2, -0.15) is 0 Å². The Morgan fingerprint density at radius 3 is 1.47 bits per heavy atom. The minimum atomic E-state index is -2.30. The van der Waals surface area contributed by atoms with E-state index in [1.165, 1.54) is 47.1 Å². The zero-order valence-corrected chi connectivity index (χ0v) is 59.3. The van der Waals surface area contributed by atoms with Crippen LogP contribution in [0.2, 0.25) is 0 Å². The fraction of sp³-hybridized carbons (Fsp3) is 0.639. The molecule has 0 aliphatic carbocycles. The zero-order chi connectivity index (χ0) is 80.6. The number of aliphatic hydroxyl groups excluding tert-OH is 2. The van der Waals surface area contributed by atoms with Gasteiger partial charge < -0.3 is 129 Å². The average molecular weight is 1520 g/mol. The highest BCUT2D eigenvalue weighted by atomic mass is 16.7. The molecule has 0 saturated carbocycles. The normalized spacial score (nSPS) is 18.4. The van der Waals surface area contributed by atoms with E-state index < -0.39 is 287 Å². The number of imidazole rings is 1. The molecule has 592 valence electrons. The number of carbonyl (C=O) groups excluding carboxylic acids is 15. The summed E-state index contributed by atoms with van der Waals surface area (Å²) in [6.07, 6.45) is -8.74. The number of nitrogens with one attached hydrogen (secondary N) is 13. The van der Waals surface area contributed by atoms with Crippen LogP contribution in [-0.4, -0.2) is 283 Å². The smallest absolute Gasteiger partial charge is 0.326 e. The topological polar surface area (TPSA) is 691 Å². The molecule has 45 nitrogen and oxygen atoms in total. The lowest BCUT2D eigenvalue weighted by Crippen LogP contribution is -2.67. The van der Waals surface area contributed by atoms with Crippen molar-refractivity contribution in [3.63, 3.8) is 0 Å². The standard InChI is InChI=1S/C61H93N15O30/c1-24(2)45(58(98)70-35(60(100)101)12-14-43(86)87)75-50(90)26(5)66-54(94)34(11-13-42(84)85)69-41(83)18-64-53(93)37(16-44(88)89)72-57(97)39(21-103-61-47(68-28(7)79)49(105-31(10)82)48(104-30(9)81)40(106-61)22-102-29(8)80)74-56(96)38(20-78)73-59(99)46(25(3)4)76-51(91)27(6)67-55(95)36(15-32-17-63-23-65-32)71-52(92)33(62)19-77/h17,23-27,33-40,45-49,61,77-78H,11-16,18-22,62H2,1-10H3,(H,63,65)(H,64,93)(H,66,94)(H,67,95)(H,68,79)(H,69,83)(H,70,98)(H,71,92)(H,72,97)(H,73,99)(H,74,96)(H,75,90)(H,76,91)(H,84,85)(H,86,87)(H,88,89)(H,100,101)/t26-,27-,33-,34-,35-,36-,37-,38-,39-,40+,45-,46-,47+,48-,49+,61-/m0/s1. The number of carbonyl (C=O) groups is 19. The van der Waals surface area contributed by atoms with E-state index in [4.69, 9.17) is 34.5 Å². The van der Waals surface area contributed by atoms with Gasteiger partial charge in [0.25, 0.3) is 0 Å². The summed E-state index contributed by atoms with van der Waals surface area (Å²) in [5.41, 5.74) is 5.97. The first-order valence-corrected chi connectivity index (χ1v) is 32.7. The van der Waals surface area contributed by atoms with Crippen molar-refractivity contribution in [1.82, 2.24) is 73.8 Å². The number of carboxylic acids is 4. The number of aliphatic hydroxyl groups is 2. The molecule has 1 aromatic heterocycles. The number of carboxylic acid groups (broad SMARTS) is 4. The van der Waals surface area contributed by atoms with Gasteiger partial charge in [-0.25, -0.2) is 9.78 Å². The van der Waals surface area contributed by atoms with Gasteiger partial charge in [-0.3, -0.25) is 86.3 Å². The summed E-state index contributed by atoms with van der Waals surface area (Å²) in [7, 11) is 0. The summed E-state index contributed by atoms with van der Waals surface area (Å²) in [4.78, 5) is 254. The van der Waals surface area contributed by atoms with E-state index in [0.717, 1.165) is 34.6 Å². The predicted molar refractivity (Wildman–Crippen MR) is 351 cm³/mol. The summed E-state index contributed by atoms with van der Waals surface area (Å²) in [5.74, 6) is -25.0. The molecule has 16 atom stereocenters. The molecule has 0 aromatic carbocycles. The molecular formula is C61H93N15O30. The monoisotopic (exact) mass is 1520 g/mol. The second kappa shape index (κ2) is 44.6. The number of amides is 12. The van der Waals surface area contributed by atoms with E-state index in [-0.39, 0.29) is 6.42 Å². The van der Waals surface area contributed by atoms with Gasteiger partial charge in [-0.1, -0.05) is 27.7 Å². The van der Waals surface area contributed by atoms with Gasteiger partial charge in [0.15, 0.2) is 18.5 Å². The fourth-order valence-electron chi connectivity index (χ4n) is 9.62. The predicted octanol–water partition coefficient (Wildman–Crippen LogP) is -9.46. The number of H-pyrrole nitrogens is 1. The van der Waals surface area contributed by atoms with E-state index in [1.54, 1.807) is 0 Å². The van der Waals surface area contributed by atoms with Gasteiger partial charge in [0.05, 0.1) is 39.1 Å². The highest BCUT2D eigenvalue weighted by Gasteiger charge is 2.52. The molecule has 0 bridgehead atoms. The maximum absolute atomic E-state index is 14.6. The lowest BCUT2D eigenvalue weighted by Gasteiger charge is -2.45. The van der Waals surface area contributed by atoms with Crippen LogP contribution in [0.3, 0.4) is 0 Å². The zero-order valence-electron chi connectivity index (χ0n) is 59.3. The van der Waals surface area contributed by atoms with Crippen LogP contribution in [0, 0.1) is 11.8 Å². The van der Waals surface area contributed by atoms with Crippen molar-refractivity contribution in [3.8, 4) is 0 Å². The van der Waals surface area contributed by atoms with Gasteiger partial charge in [0.1, 0.15) is 85.2 Å². The van der Waals surface area contributed by atoms with Crippen LogP contribution >= 0.6 is 0 Å². The Morgan fingerprint density at radius 1 is 0.528 bits per heavy atom. The second-order valence-electron chi connectivity index (χ2n) is 24.7. The number of nitrogens with two attached hydrogens (primary N) is 1. The van der Waals surface area contributed by atoms with Crippen LogP contribution in [-0.2, 0) is 121 Å². The fourth-order valence-corrected chi connectivity index (χ4v) is 9.62. The number of hydrogen-bond donors (Lipinski definition) is 20. The molecule has 106 heavy (non-hydrogen) atoms. The van der Waals surface area contributed by atoms with Crippen LogP contribution in [0.5, 0.6) is 0 Å². The Bertz CT molecular complexity index is 3320. The number of aromatic amines is 1. The lowest BCUT2D eigenvalue weighted by atomic mass is 9.96. The van der Waals surface area contributed by atoms with Gasteiger partial charge in [0.2, 0.25) is 70.9 Å². The number of aliphatic carboxylic acids is 4. The Kier molecular flexibility index (Phi) is 38.3. The van der Waals surface area contributed by atoms with Gasteiger partial charge in [0, 0.05) is 58.8 Å². The number of esters is 3. The molecule has 0 unspecified atom stereocenters. The van der Waals surface area contributed by atoms with Crippen molar-refractivity contribution in [2.45, 2.75) is 205 Å². The number of hydrogen-bond acceptors (Lipinski definition) is 28. The molecule has 1 aliphatic rings. The van der Waals surface area contributed by atoms with Gasteiger partial charge in [-0.15, -0.1) is 0 Å². The molecule has 2 rings (SSSR count). The van der Waals surface area contributed by atoms with Crippen molar-refractivity contribution in [3.05, 3.63) is 18.2 Å². The first-order chi connectivity index (χ1) is 49.5. The molecule has 12 amide bonds.